The van der Waals surface area contributed by atoms with E-state index in [0.29, 0.717) is 0 Å². The van der Waals surface area contributed by atoms with Gasteiger partial charge in [0.1, 0.15) is 0 Å². The fourth-order valence-corrected chi connectivity index (χ4v) is 3.07. The lowest BCUT2D eigenvalue weighted by Gasteiger charge is -2.29. The largest absolute Gasteiger partial charge is 0.311 e. The quantitative estimate of drug-likeness (QED) is 0.869. The van der Waals surface area contributed by atoms with Crippen LogP contribution in [0.4, 0.5) is 0 Å². The van der Waals surface area contributed by atoms with Gasteiger partial charge < -0.3 is 10.2 Å². The van der Waals surface area contributed by atoms with E-state index in [9.17, 15) is 0 Å². The van der Waals surface area contributed by atoms with E-state index < -0.39 is 0 Å². The predicted molar refractivity (Wildman–Crippen MR) is 68.8 cm³/mol. The van der Waals surface area contributed by atoms with Gasteiger partial charge in [0.2, 0.25) is 0 Å². The maximum Gasteiger partial charge on any atom is 0.0798 e. The van der Waals surface area contributed by atoms with Crippen LogP contribution in [-0.4, -0.2) is 36.6 Å². The van der Waals surface area contributed by atoms with Gasteiger partial charge in [0.05, 0.1) is 11.2 Å². The van der Waals surface area contributed by atoms with Crippen molar-refractivity contribution in [3.8, 4) is 0 Å². The molecule has 0 amide bonds. The molecule has 1 aliphatic heterocycles. The number of aromatic nitrogens is 1. The number of thiazole rings is 1. The number of aryl methyl sites for hydroxylation is 1. The van der Waals surface area contributed by atoms with Gasteiger partial charge in [0, 0.05) is 18.0 Å². The lowest BCUT2D eigenvalue weighted by molar-refractivity contribution is 0.206. The van der Waals surface area contributed by atoms with Gasteiger partial charge in [0.25, 0.3) is 0 Å². The first-order valence-corrected chi connectivity index (χ1v) is 6.92. The van der Waals surface area contributed by atoms with Crippen molar-refractivity contribution < 1.29 is 0 Å². The first-order valence-electron chi connectivity index (χ1n) is 6.04. The molecule has 4 heteroatoms. The third-order valence-corrected chi connectivity index (χ3v) is 4.22. The lowest BCUT2D eigenvalue weighted by Crippen LogP contribution is -2.37. The molecule has 0 aromatic carbocycles. The van der Waals surface area contributed by atoms with Crippen molar-refractivity contribution in [2.24, 2.45) is 5.92 Å². The smallest absolute Gasteiger partial charge is 0.0798 e. The molecule has 1 saturated heterocycles. The Kier molecular flexibility index (Phi) is 4.32. The zero-order valence-corrected chi connectivity index (χ0v) is 11.0. The highest BCUT2D eigenvalue weighted by Crippen LogP contribution is 2.15. The van der Waals surface area contributed by atoms with Gasteiger partial charge in [-0.25, -0.2) is 4.98 Å². The van der Waals surface area contributed by atoms with Crippen molar-refractivity contribution in [3.05, 3.63) is 16.1 Å². The molecule has 90 valence electrons. The minimum atomic E-state index is 0.826. The second-order valence-electron chi connectivity index (χ2n) is 4.76. The van der Waals surface area contributed by atoms with Gasteiger partial charge in [-0.15, -0.1) is 11.3 Å². The van der Waals surface area contributed by atoms with E-state index >= 15 is 0 Å². The zero-order valence-electron chi connectivity index (χ0n) is 10.2. The number of rotatable bonds is 4. The van der Waals surface area contributed by atoms with Crippen LogP contribution in [0.2, 0.25) is 0 Å². The number of hydrogen-bond donors (Lipinski definition) is 1. The van der Waals surface area contributed by atoms with Crippen LogP contribution in [0.15, 0.2) is 5.51 Å². The van der Waals surface area contributed by atoms with Crippen LogP contribution in [0.25, 0.3) is 0 Å². The molecule has 0 radical (unpaired) electrons. The molecule has 1 fully saturated rings. The van der Waals surface area contributed by atoms with Crippen molar-refractivity contribution in [3.63, 3.8) is 0 Å². The summed E-state index contributed by atoms with van der Waals surface area (Å²) in [6, 6.07) is 0. The monoisotopic (exact) mass is 239 g/mol. The van der Waals surface area contributed by atoms with E-state index in [1.165, 1.54) is 36.5 Å². The highest BCUT2D eigenvalue weighted by atomic mass is 32.1. The fourth-order valence-electron chi connectivity index (χ4n) is 2.33. The molecule has 2 rings (SSSR count). The van der Waals surface area contributed by atoms with Crippen molar-refractivity contribution in [2.45, 2.75) is 26.3 Å². The summed E-state index contributed by atoms with van der Waals surface area (Å²) in [4.78, 5) is 8.08. The Morgan fingerprint density at radius 2 is 2.50 bits per heavy atom. The van der Waals surface area contributed by atoms with Crippen LogP contribution in [0, 0.1) is 12.8 Å². The number of nitrogens with one attached hydrogen (secondary N) is 1. The Hall–Kier alpha value is -0.450. The number of hydrogen-bond acceptors (Lipinski definition) is 4. The predicted octanol–water partition coefficient (Wildman–Crippen LogP) is 1.88. The standard InChI is InChI=1S/C12H21N3S/c1-10-12(16-9-14-10)7-13-6-11-4-3-5-15(2)8-11/h9,11,13H,3-8H2,1-2H3. The van der Waals surface area contributed by atoms with Crippen LogP contribution in [0.5, 0.6) is 0 Å². The van der Waals surface area contributed by atoms with E-state index in [4.69, 9.17) is 0 Å². The average molecular weight is 239 g/mol. The summed E-state index contributed by atoms with van der Waals surface area (Å²) in [6.07, 6.45) is 2.72. The summed E-state index contributed by atoms with van der Waals surface area (Å²) < 4.78 is 0. The summed E-state index contributed by atoms with van der Waals surface area (Å²) in [5, 5.41) is 3.56. The molecular weight excluding hydrogens is 218 g/mol. The number of piperidine rings is 1. The minimum absolute atomic E-state index is 0.826. The molecule has 1 N–H and O–H groups in total. The van der Waals surface area contributed by atoms with E-state index in [-0.39, 0.29) is 0 Å². The van der Waals surface area contributed by atoms with Crippen molar-refractivity contribution >= 4 is 11.3 Å². The van der Waals surface area contributed by atoms with Crippen LogP contribution in [0.3, 0.4) is 0 Å². The second kappa shape index (κ2) is 5.75. The first kappa shape index (κ1) is 12.0. The first-order chi connectivity index (χ1) is 7.75. The van der Waals surface area contributed by atoms with Gasteiger partial charge in [-0.05, 0) is 45.8 Å². The second-order valence-corrected chi connectivity index (χ2v) is 5.70. The highest BCUT2D eigenvalue weighted by Gasteiger charge is 2.16. The Morgan fingerprint density at radius 3 is 3.19 bits per heavy atom. The molecule has 1 aromatic rings. The molecule has 1 atom stereocenters. The summed E-state index contributed by atoms with van der Waals surface area (Å²) in [6.45, 7) is 6.72. The normalized spacial score (nSPS) is 22.5. The fraction of sp³-hybridized carbons (Fsp3) is 0.750. The van der Waals surface area contributed by atoms with E-state index in [0.717, 1.165) is 19.0 Å². The molecule has 0 bridgehead atoms. The van der Waals surface area contributed by atoms with Gasteiger partial charge in [-0.2, -0.15) is 0 Å². The average Bonchev–Trinajstić information content (AvgIpc) is 2.65. The highest BCUT2D eigenvalue weighted by molar-refractivity contribution is 7.09. The van der Waals surface area contributed by atoms with Crippen molar-refractivity contribution in [1.82, 2.24) is 15.2 Å². The summed E-state index contributed by atoms with van der Waals surface area (Å²) in [7, 11) is 2.22. The van der Waals surface area contributed by atoms with Crippen molar-refractivity contribution in [2.75, 3.05) is 26.7 Å². The summed E-state index contributed by atoms with van der Waals surface area (Å²) in [5.41, 5.74) is 3.11. The zero-order chi connectivity index (χ0) is 11.4. The van der Waals surface area contributed by atoms with Crippen molar-refractivity contribution in [1.29, 1.82) is 0 Å². The number of nitrogens with zero attached hydrogens (tertiary/aromatic N) is 2. The molecule has 1 unspecified atom stereocenters. The van der Waals surface area contributed by atoms with Crippen LogP contribution in [0.1, 0.15) is 23.4 Å². The molecule has 0 aliphatic carbocycles. The van der Waals surface area contributed by atoms with Crippen LogP contribution >= 0.6 is 11.3 Å². The molecule has 0 spiro atoms. The Balaban J connectivity index is 1.70. The van der Waals surface area contributed by atoms with E-state index in [2.05, 4.69) is 29.2 Å². The maximum absolute atomic E-state index is 4.26. The molecule has 1 aliphatic rings. The van der Waals surface area contributed by atoms with Gasteiger partial charge in [-0.3, -0.25) is 0 Å². The molecule has 16 heavy (non-hydrogen) atoms. The lowest BCUT2D eigenvalue weighted by atomic mass is 9.98. The van der Waals surface area contributed by atoms with Gasteiger partial charge in [-0.1, -0.05) is 0 Å². The minimum Gasteiger partial charge on any atom is -0.311 e. The Morgan fingerprint density at radius 1 is 1.62 bits per heavy atom. The van der Waals surface area contributed by atoms with Gasteiger partial charge >= 0.3 is 0 Å². The third kappa shape index (κ3) is 3.27. The SMILES string of the molecule is Cc1ncsc1CNCC1CCCN(C)C1. The summed E-state index contributed by atoms with van der Waals surface area (Å²) in [5.74, 6) is 0.826. The third-order valence-electron chi connectivity index (χ3n) is 3.29. The number of likely N-dealkylation sites (tertiary alicyclic amines) is 1. The van der Waals surface area contributed by atoms with Crippen LogP contribution < -0.4 is 5.32 Å². The maximum atomic E-state index is 4.26. The van der Waals surface area contributed by atoms with E-state index in [1.54, 1.807) is 11.3 Å². The van der Waals surface area contributed by atoms with Crippen LogP contribution in [-0.2, 0) is 6.54 Å². The summed E-state index contributed by atoms with van der Waals surface area (Å²) >= 11 is 1.75. The Labute approximate surface area is 102 Å². The Bertz CT molecular complexity index is 324. The van der Waals surface area contributed by atoms with E-state index in [1.807, 2.05) is 5.51 Å². The van der Waals surface area contributed by atoms with Gasteiger partial charge in [0.15, 0.2) is 0 Å². The molecule has 0 saturated carbocycles. The topological polar surface area (TPSA) is 28.2 Å². The molecular formula is C12H21N3S. The molecule has 3 nitrogen and oxygen atoms in total. The molecule has 2 heterocycles. The molecule has 1 aromatic heterocycles.